The van der Waals surface area contributed by atoms with Crippen LogP contribution in [0.2, 0.25) is 5.02 Å². The molecule has 2 nitrogen and oxygen atoms in total. The molecule has 94 valence electrons. The van der Waals surface area contributed by atoms with Crippen LogP contribution in [-0.4, -0.2) is 5.91 Å². The van der Waals surface area contributed by atoms with Gasteiger partial charge in [0.05, 0.1) is 0 Å². The Balaban J connectivity index is 2.08. The molecule has 19 heavy (non-hydrogen) atoms. The van der Waals surface area contributed by atoms with Crippen molar-refractivity contribution in [2.24, 2.45) is 0 Å². The van der Waals surface area contributed by atoms with Crippen molar-refractivity contribution in [3.63, 3.8) is 0 Å². The topological polar surface area (TPSA) is 29.1 Å². The summed E-state index contributed by atoms with van der Waals surface area (Å²) in [5.41, 5.74) is 2.80. The second-order valence-corrected chi connectivity index (χ2v) is 4.69. The van der Waals surface area contributed by atoms with Gasteiger partial charge in [-0.05, 0) is 42.0 Å². The van der Waals surface area contributed by atoms with Crippen molar-refractivity contribution in [1.29, 1.82) is 0 Å². The maximum atomic E-state index is 12.9. The zero-order valence-electron chi connectivity index (χ0n) is 9.78. The van der Waals surface area contributed by atoms with E-state index in [1.54, 1.807) is 36.4 Å². The van der Waals surface area contributed by atoms with Crippen LogP contribution < -0.4 is 5.32 Å². The van der Waals surface area contributed by atoms with E-state index >= 15 is 0 Å². The van der Waals surface area contributed by atoms with Crippen molar-refractivity contribution in [1.82, 2.24) is 0 Å². The lowest BCUT2D eigenvalue weighted by molar-refractivity contribution is -0.110. The summed E-state index contributed by atoms with van der Waals surface area (Å²) < 4.78 is 12.9. The number of nitrogens with one attached hydrogen (secondary N) is 1. The van der Waals surface area contributed by atoms with Crippen LogP contribution in [0.5, 0.6) is 0 Å². The van der Waals surface area contributed by atoms with Crippen LogP contribution in [-0.2, 0) is 4.79 Å². The van der Waals surface area contributed by atoms with Gasteiger partial charge in [-0.2, -0.15) is 0 Å². The van der Waals surface area contributed by atoms with E-state index in [4.69, 9.17) is 11.6 Å². The number of carbonyl (C=O) groups is 1. The van der Waals surface area contributed by atoms with E-state index in [1.165, 1.54) is 12.1 Å². The summed E-state index contributed by atoms with van der Waals surface area (Å²) in [6, 6.07) is 11.2. The standard InChI is InChI=1S/C15H9ClFNO/c16-10-3-6-14-12(8-10)13(15(19)18-14)7-9-1-4-11(17)5-2-9/h1-8H,(H,18,19)/b13-7+. The molecule has 0 bridgehead atoms. The highest BCUT2D eigenvalue weighted by molar-refractivity contribution is 6.36. The van der Waals surface area contributed by atoms with Gasteiger partial charge in [0.15, 0.2) is 0 Å². The number of amides is 1. The van der Waals surface area contributed by atoms with E-state index in [2.05, 4.69) is 5.32 Å². The van der Waals surface area contributed by atoms with Crippen molar-refractivity contribution in [3.05, 3.63) is 64.4 Å². The van der Waals surface area contributed by atoms with Gasteiger partial charge in [-0.25, -0.2) is 4.39 Å². The molecule has 0 aromatic heterocycles. The Morgan fingerprint density at radius 2 is 1.84 bits per heavy atom. The molecule has 0 unspecified atom stereocenters. The summed E-state index contributed by atoms with van der Waals surface area (Å²) >= 11 is 5.94. The molecular weight excluding hydrogens is 265 g/mol. The van der Waals surface area contributed by atoms with E-state index < -0.39 is 0 Å². The van der Waals surface area contributed by atoms with Crippen molar-refractivity contribution < 1.29 is 9.18 Å². The molecule has 0 aliphatic carbocycles. The predicted molar refractivity (Wildman–Crippen MR) is 74.4 cm³/mol. The highest BCUT2D eigenvalue weighted by Gasteiger charge is 2.23. The number of benzene rings is 2. The van der Waals surface area contributed by atoms with Gasteiger partial charge >= 0.3 is 0 Å². The van der Waals surface area contributed by atoms with E-state index in [0.717, 1.165) is 16.8 Å². The molecule has 0 radical (unpaired) electrons. The first-order valence-corrected chi connectivity index (χ1v) is 6.10. The number of rotatable bonds is 1. The highest BCUT2D eigenvalue weighted by Crippen LogP contribution is 2.34. The lowest BCUT2D eigenvalue weighted by Crippen LogP contribution is -2.03. The van der Waals surface area contributed by atoms with Crippen LogP contribution >= 0.6 is 11.6 Å². The summed E-state index contributed by atoms with van der Waals surface area (Å²) in [5, 5.41) is 3.34. The molecule has 0 saturated heterocycles. The van der Waals surface area contributed by atoms with Crippen LogP contribution in [0.1, 0.15) is 11.1 Å². The first-order valence-electron chi connectivity index (χ1n) is 5.72. The Kier molecular flexibility index (Phi) is 2.84. The molecule has 0 saturated carbocycles. The fraction of sp³-hybridized carbons (Fsp3) is 0. The lowest BCUT2D eigenvalue weighted by atomic mass is 10.0. The van der Waals surface area contributed by atoms with Crippen LogP contribution in [0.3, 0.4) is 0 Å². The van der Waals surface area contributed by atoms with Gasteiger partial charge in [0.2, 0.25) is 0 Å². The summed E-state index contributed by atoms with van der Waals surface area (Å²) in [5.74, 6) is -0.483. The number of hydrogen-bond donors (Lipinski definition) is 1. The molecule has 2 aromatic rings. The Hall–Kier alpha value is -2.13. The molecule has 1 aliphatic heterocycles. The molecule has 3 rings (SSSR count). The minimum absolute atomic E-state index is 0.179. The first kappa shape index (κ1) is 11.9. The molecule has 1 N–H and O–H groups in total. The van der Waals surface area contributed by atoms with E-state index in [-0.39, 0.29) is 11.7 Å². The second-order valence-electron chi connectivity index (χ2n) is 4.25. The highest BCUT2D eigenvalue weighted by atomic mass is 35.5. The second kappa shape index (κ2) is 4.52. The Labute approximate surface area is 114 Å². The maximum absolute atomic E-state index is 12.9. The number of hydrogen-bond acceptors (Lipinski definition) is 1. The van der Waals surface area contributed by atoms with Crippen LogP contribution in [0.15, 0.2) is 42.5 Å². The molecule has 0 spiro atoms. The fourth-order valence-corrected chi connectivity index (χ4v) is 2.20. The summed E-state index contributed by atoms with van der Waals surface area (Å²) in [6.45, 7) is 0. The van der Waals surface area contributed by atoms with Crippen LogP contribution in [0, 0.1) is 5.82 Å². The fourth-order valence-electron chi connectivity index (χ4n) is 2.03. The first-order chi connectivity index (χ1) is 9.13. The van der Waals surface area contributed by atoms with Gasteiger partial charge in [-0.15, -0.1) is 0 Å². The molecule has 2 aromatic carbocycles. The van der Waals surface area contributed by atoms with Crippen molar-refractivity contribution in [2.75, 3.05) is 5.32 Å². The summed E-state index contributed by atoms with van der Waals surface area (Å²) in [6.07, 6.45) is 1.72. The third kappa shape index (κ3) is 2.25. The number of carbonyl (C=O) groups excluding carboxylic acids is 1. The van der Waals surface area contributed by atoms with Crippen LogP contribution in [0.4, 0.5) is 10.1 Å². The Morgan fingerprint density at radius 3 is 2.58 bits per heavy atom. The number of fused-ring (bicyclic) bond motifs is 1. The molecule has 0 fully saturated rings. The molecule has 1 heterocycles. The Bertz CT molecular complexity index is 692. The van der Waals surface area contributed by atoms with Gasteiger partial charge in [0, 0.05) is 21.8 Å². The van der Waals surface area contributed by atoms with E-state index in [1.807, 2.05) is 0 Å². The molecule has 1 amide bonds. The van der Waals surface area contributed by atoms with Gasteiger partial charge in [-0.1, -0.05) is 23.7 Å². The van der Waals surface area contributed by atoms with Crippen molar-refractivity contribution >= 4 is 34.8 Å². The quantitative estimate of drug-likeness (QED) is 0.783. The van der Waals surface area contributed by atoms with Gasteiger partial charge < -0.3 is 5.32 Å². The third-order valence-corrected chi connectivity index (χ3v) is 3.18. The van der Waals surface area contributed by atoms with Gasteiger partial charge in [-0.3, -0.25) is 4.79 Å². The van der Waals surface area contributed by atoms with Crippen molar-refractivity contribution in [2.45, 2.75) is 0 Å². The zero-order valence-corrected chi connectivity index (χ0v) is 10.5. The lowest BCUT2D eigenvalue weighted by Gasteiger charge is -1.99. The van der Waals surface area contributed by atoms with E-state index in [9.17, 15) is 9.18 Å². The Morgan fingerprint density at radius 1 is 1.11 bits per heavy atom. The van der Waals surface area contributed by atoms with Gasteiger partial charge in [0.1, 0.15) is 5.82 Å². The molecule has 4 heteroatoms. The smallest absolute Gasteiger partial charge is 0.256 e. The normalized spacial score (nSPS) is 15.5. The number of halogens is 2. The zero-order chi connectivity index (χ0) is 13.4. The molecule has 1 aliphatic rings. The predicted octanol–water partition coefficient (Wildman–Crippen LogP) is 3.97. The van der Waals surface area contributed by atoms with Crippen molar-refractivity contribution in [3.8, 4) is 0 Å². The SMILES string of the molecule is O=C1Nc2ccc(Cl)cc2/C1=C\c1ccc(F)cc1. The minimum atomic E-state index is -0.304. The molecule has 0 atom stereocenters. The summed E-state index contributed by atoms with van der Waals surface area (Å²) in [7, 11) is 0. The average molecular weight is 274 g/mol. The molecular formula is C15H9ClFNO. The number of anilines is 1. The average Bonchev–Trinajstić information content (AvgIpc) is 2.69. The summed E-state index contributed by atoms with van der Waals surface area (Å²) in [4.78, 5) is 11.9. The third-order valence-electron chi connectivity index (χ3n) is 2.95. The van der Waals surface area contributed by atoms with Gasteiger partial charge in [0.25, 0.3) is 5.91 Å². The minimum Gasteiger partial charge on any atom is -0.321 e. The monoisotopic (exact) mass is 273 g/mol. The van der Waals surface area contributed by atoms with E-state index in [0.29, 0.717) is 10.6 Å². The maximum Gasteiger partial charge on any atom is 0.256 e. The van der Waals surface area contributed by atoms with Crippen LogP contribution in [0.25, 0.3) is 11.6 Å². The largest absolute Gasteiger partial charge is 0.321 e.